The molecule has 0 aromatic rings. The number of nitrogens with zero attached hydrogens (tertiary/aromatic N) is 1. The smallest absolute Gasteiger partial charge is 0.0518 e. The topological polar surface area (TPSA) is 64.5 Å². The Bertz CT molecular complexity index is 115. The van der Waals surface area contributed by atoms with Gasteiger partial charge in [-0.25, -0.2) is 0 Å². The Labute approximate surface area is 73.8 Å². The molecule has 0 saturated carbocycles. The number of ether oxygens (including phenoxy) is 1. The van der Waals surface area contributed by atoms with Crippen molar-refractivity contribution in [1.82, 2.24) is 4.90 Å². The van der Waals surface area contributed by atoms with E-state index in [-0.39, 0.29) is 0 Å². The third kappa shape index (κ3) is 3.06. The molecule has 12 heavy (non-hydrogen) atoms. The van der Waals surface area contributed by atoms with E-state index in [1.54, 1.807) is 0 Å². The second-order valence-electron chi connectivity index (χ2n) is 3.30. The van der Waals surface area contributed by atoms with Gasteiger partial charge in [-0.05, 0) is 13.0 Å². The molecule has 1 heterocycles. The Morgan fingerprint density at radius 2 is 2.08 bits per heavy atom. The minimum Gasteiger partial charge on any atom is -0.381 e. The van der Waals surface area contributed by atoms with Crippen LogP contribution in [0.25, 0.3) is 0 Å². The van der Waals surface area contributed by atoms with E-state index in [4.69, 9.17) is 16.2 Å². The van der Waals surface area contributed by atoms with Crippen LogP contribution in [0.3, 0.4) is 0 Å². The fraction of sp³-hybridized carbons (Fsp3) is 1.00. The van der Waals surface area contributed by atoms with Gasteiger partial charge in [-0.3, -0.25) is 4.90 Å². The molecule has 0 radical (unpaired) electrons. The monoisotopic (exact) mass is 173 g/mol. The van der Waals surface area contributed by atoms with Crippen LogP contribution in [0.1, 0.15) is 6.42 Å². The molecule has 0 aliphatic carbocycles. The number of hydrogen-bond donors (Lipinski definition) is 2. The molecule has 4 nitrogen and oxygen atoms in total. The van der Waals surface area contributed by atoms with Crippen LogP contribution >= 0.6 is 0 Å². The average molecular weight is 173 g/mol. The third-order valence-electron chi connectivity index (χ3n) is 2.14. The van der Waals surface area contributed by atoms with Crippen molar-refractivity contribution in [3.05, 3.63) is 0 Å². The fourth-order valence-corrected chi connectivity index (χ4v) is 1.37. The first kappa shape index (κ1) is 9.92. The van der Waals surface area contributed by atoms with Gasteiger partial charge in [-0.1, -0.05) is 0 Å². The van der Waals surface area contributed by atoms with E-state index in [2.05, 4.69) is 4.90 Å². The highest BCUT2D eigenvalue weighted by atomic mass is 16.5. The van der Waals surface area contributed by atoms with Crippen molar-refractivity contribution in [2.45, 2.75) is 6.42 Å². The van der Waals surface area contributed by atoms with Gasteiger partial charge < -0.3 is 16.2 Å². The SMILES string of the molecule is NCCCOCC1CN(CN)C1. The lowest BCUT2D eigenvalue weighted by Crippen LogP contribution is -2.50. The summed E-state index contributed by atoms with van der Waals surface area (Å²) in [5, 5.41) is 0. The summed E-state index contributed by atoms with van der Waals surface area (Å²) in [6.45, 7) is 5.27. The Kier molecular flexibility index (Phi) is 4.53. The molecule has 0 aromatic carbocycles. The molecule has 1 aliphatic rings. The molecule has 0 amide bonds. The van der Waals surface area contributed by atoms with E-state index in [1.807, 2.05) is 0 Å². The molecule has 72 valence electrons. The Balaban J connectivity index is 1.83. The van der Waals surface area contributed by atoms with Crippen LogP contribution in [-0.2, 0) is 4.74 Å². The zero-order valence-electron chi connectivity index (χ0n) is 7.54. The highest BCUT2D eigenvalue weighted by Gasteiger charge is 2.24. The molecule has 1 fully saturated rings. The van der Waals surface area contributed by atoms with Crippen LogP contribution < -0.4 is 11.5 Å². The van der Waals surface area contributed by atoms with E-state index < -0.39 is 0 Å². The zero-order valence-corrected chi connectivity index (χ0v) is 7.54. The van der Waals surface area contributed by atoms with Crippen LogP contribution in [0.15, 0.2) is 0 Å². The Morgan fingerprint density at radius 3 is 2.67 bits per heavy atom. The molecule has 0 spiro atoms. The van der Waals surface area contributed by atoms with Gasteiger partial charge in [0, 0.05) is 32.3 Å². The normalized spacial score (nSPS) is 19.5. The maximum absolute atomic E-state index is 5.44. The first-order valence-corrected chi connectivity index (χ1v) is 4.57. The first-order chi connectivity index (χ1) is 5.86. The molecule has 0 aromatic heterocycles. The minimum absolute atomic E-state index is 0.680. The van der Waals surface area contributed by atoms with Gasteiger partial charge >= 0.3 is 0 Å². The number of likely N-dealkylation sites (tertiary alicyclic amines) is 1. The van der Waals surface area contributed by atoms with Gasteiger partial charge in [0.05, 0.1) is 6.61 Å². The Hall–Kier alpha value is -0.160. The van der Waals surface area contributed by atoms with E-state index >= 15 is 0 Å². The zero-order chi connectivity index (χ0) is 8.81. The lowest BCUT2D eigenvalue weighted by Gasteiger charge is -2.37. The summed E-state index contributed by atoms with van der Waals surface area (Å²) < 4.78 is 5.42. The van der Waals surface area contributed by atoms with Crippen LogP contribution in [-0.4, -0.2) is 44.4 Å². The van der Waals surface area contributed by atoms with Gasteiger partial charge in [-0.2, -0.15) is 0 Å². The van der Waals surface area contributed by atoms with Crippen LogP contribution in [0.4, 0.5) is 0 Å². The maximum atomic E-state index is 5.44. The molecule has 0 unspecified atom stereocenters. The molecule has 4 N–H and O–H groups in total. The van der Waals surface area contributed by atoms with Crippen molar-refractivity contribution >= 4 is 0 Å². The molecule has 1 saturated heterocycles. The first-order valence-electron chi connectivity index (χ1n) is 4.57. The predicted molar refractivity (Wildman–Crippen MR) is 48.6 cm³/mol. The highest BCUT2D eigenvalue weighted by molar-refractivity contribution is 4.77. The number of hydrogen-bond acceptors (Lipinski definition) is 4. The summed E-state index contributed by atoms with van der Waals surface area (Å²) in [4.78, 5) is 2.21. The summed E-state index contributed by atoms with van der Waals surface area (Å²) in [6, 6.07) is 0. The molecular weight excluding hydrogens is 154 g/mol. The molecule has 0 atom stereocenters. The fourth-order valence-electron chi connectivity index (χ4n) is 1.37. The van der Waals surface area contributed by atoms with Gasteiger partial charge in [0.1, 0.15) is 0 Å². The molecule has 1 aliphatic heterocycles. The van der Waals surface area contributed by atoms with Crippen LogP contribution in [0.5, 0.6) is 0 Å². The highest BCUT2D eigenvalue weighted by Crippen LogP contribution is 2.13. The van der Waals surface area contributed by atoms with Gasteiger partial charge in [-0.15, -0.1) is 0 Å². The summed E-state index contributed by atoms with van der Waals surface area (Å²) in [5.41, 5.74) is 10.8. The van der Waals surface area contributed by atoms with Crippen molar-refractivity contribution < 1.29 is 4.74 Å². The lowest BCUT2D eigenvalue weighted by atomic mass is 10.0. The maximum Gasteiger partial charge on any atom is 0.0518 e. The average Bonchev–Trinajstić information content (AvgIpc) is 2.01. The van der Waals surface area contributed by atoms with Crippen LogP contribution in [0.2, 0.25) is 0 Å². The summed E-state index contributed by atoms with van der Waals surface area (Å²) in [6.07, 6.45) is 0.966. The number of nitrogens with two attached hydrogens (primary N) is 2. The second kappa shape index (κ2) is 5.48. The summed E-state index contributed by atoms with van der Waals surface area (Å²) in [5.74, 6) is 0.700. The van der Waals surface area contributed by atoms with Crippen LogP contribution in [0, 0.1) is 5.92 Å². The molecule has 4 heteroatoms. The van der Waals surface area contributed by atoms with E-state index in [1.165, 1.54) is 0 Å². The minimum atomic E-state index is 0.680. The molecular formula is C8H19N3O. The number of rotatable bonds is 6. The molecule has 1 rings (SSSR count). The van der Waals surface area contributed by atoms with Crippen molar-refractivity contribution in [3.8, 4) is 0 Å². The van der Waals surface area contributed by atoms with Gasteiger partial charge in [0.15, 0.2) is 0 Å². The largest absolute Gasteiger partial charge is 0.381 e. The summed E-state index contributed by atoms with van der Waals surface area (Å²) >= 11 is 0. The summed E-state index contributed by atoms with van der Waals surface area (Å²) in [7, 11) is 0. The van der Waals surface area contributed by atoms with E-state index in [0.29, 0.717) is 12.6 Å². The van der Waals surface area contributed by atoms with Gasteiger partial charge in [0.2, 0.25) is 0 Å². The van der Waals surface area contributed by atoms with E-state index in [0.717, 1.165) is 39.3 Å². The lowest BCUT2D eigenvalue weighted by molar-refractivity contribution is 0.0159. The predicted octanol–water partition coefficient (Wildman–Crippen LogP) is -0.800. The third-order valence-corrected chi connectivity index (χ3v) is 2.14. The van der Waals surface area contributed by atoms with Crippen molar-refractivity contribution in [2.75, 3.05) is 39.5 Å². The van der Waals surface area contributed by atoms with Crippen molar-refractivity contribution in [1.29, 1.82) is 0 Å². The van der Waals surface area contributed by atoms with Gasteiger partial charge in [0.25, 0.3) is 0 Å². The standard InChI is InChI=1S/C8H19N3O/c9-2-1-3-12-6-8-4-11(5-8)7-10/h8H,1-7,9-10H2. The van der Waals surface area contributed by atoms with Crippen molar-refractivity contribution in [3.63, 3.8) is 0 Å². The van der Waals surface area contributed by atoms with E-state index in [9.17, 15) is 0 Å². The second-order valence-corrected chi connectivity index (χ2v) is 3.30. The quantitative estimate of drug-likeness (QED) is 0.516. The Morgan fingerprint density at radius 1 is 1.33 bits per heavy atom. The molecule has 0 bridgehead atoms. The van der Waals surface area contributed by atoms with Crippen molar-refractivity contribution in [2.24, 2.45) is 17.4 Å².